The minimum absolute atomic E-state index is 0.00917. The summed E-state index contributed by atoms with van der Waals surface area (Å²) in [7, 11) is 1.72. The van der Waals surface area contributed by atoms with E-state index in [9.17, 15) is 0 Å². The Kier molecular flexibility index (Phi) is 6.16. The molecular formula is C15H25NO2. The molecule has 0 aliphatic rings. The van der Waals surface area contributed by atoms with Crippen molar-refractivity contribution in [2.45, 2.75) is 39.3 Å². The third-order valence-electron chi connectivity index (χ3n) is 2.79. The quantitative estimate of drug-likeness (QED) is 0.809. The largest absolute Gasteiger partial charge is 0.491 e. The van der Waals surface area contributed by atoms with E-state index in [1.807, 2.05) is 38.1 Å². The highest BCUT2D eigenvalue weighted by molar-refractivity contribution is 5.35. The molecule has 0 fully saturated rings. The summed E-state index contributed by atoms with van der Waals surface area (Å²) in [5.41, 5.74) is 7.35. The number of ether oxygens (including phenoxy) is 2. The van der Waals surface area contributed by atoms with Gasteiger partial charge >= 0.3 is 0 Å². The monoisotopic (exact) mass is 251 g/mol. The lowest BCUT2D eigenvalue weighted by Gasteiger charge is -2.21. The van der Waals surface area contributed by atoms with Crippen molar-refractivity contribution in [3.05, 3.63) is 29.8 Å². The maximum Gasteiger partial charge on any atom is 0.124 e. The Balaban J connectivity index is 2.74. The van der Waals surface area contributed by atoms with Gasteiger partial charge in [0.15, 0.2) is 0 Å². The molecule has 18 heavy (non-hydrogen) atoms. The third-order valence-corrected chi connectivity index (χ3v) is 2.79. The summed E-state index contributed by atoms with van der Waals surface area (Å²) in [6.07, 6.45) is 1.06. The van der Waals surface area contributed by atoms with Crippen molar-refractivity contribution in [2.75, 3.05) is 13.7 Å². The highest BCUT2D eigenvalue weighted by atomic mass is 16.5. The first-order chi connectivity index (χ1) is 8.54. The van der Waals surface area contributed by atoms with Gasteiger partial charge in [-0.05, 0) is 32.3 Å². The molecule has 0 spiro atoms. The standard InChI is InChI=1S/C15H25NO2/c1-11(2)18-15-8-6-5-7-13(15)14(16)9-12(3)10-17-4/h5-8,11-12,14H,9-10,16H2,1-4H3. The summed E-state index contributed by atoms with van der Waals surface area (Å²) < 4.78 is 10.9. The minimum Gasteiger partial charge on any atom is -0.491 e. The molecule has 0 saturated carbocycles. The van der Waals surface area contributed by atoms with E-state index in [-0.39, 0.29) is 12.1 Å². The molecule has 1 aromatic rings. The normalized spacial score (nSPS) is 14.6. The maximum absolute atomic E-state index is 6.27. The zero-order chi connectivity index (χ0) is 13.5. The van der Waals surface area contributed by atoms with Crippen molar-refractivity contribution in [1.82, 2.24) is 0 Å². The van der Waals surface area contributed by atoms with Gasteiger partial charge in [0.25, 0.3) is 0 Å². The predicted octanol–water partition coefficient (Wildman–Crippen LogP) is 3.15. The summed E-state index contributed by atoms with van der Waals surface area (Å²) >= 11 is 0. The Hall–Kier alpha value is -1.06. The van der Waals surface area contributed by atoms with Gasteiger partial charge in [-0.15, -0.1) is 0 Å². The molecule has 0 heterocycles. The summed E-state index contributed by atoms with van der Waals surface area (Å²) in [5.74, 6) is 1.33. The third kappa shape index (κ3) is 4.67. The number of para-hydroxylation sites is 1. The van der Waals surface area contributed by atoms with E-state index in [2.05, 4.69) is 6.92 Å². The Bertz CT molecular complexity index is 352. The minimum atomic E-state index is -0.00917. The van der Waals surface area contributed by atoms with Crippen LogP contribution in [0.3, 0.4) is 0 Å². The Labute approximate surface area is 110 Å². The van der Waals surface area contributed by atoms with E-state index in [0.29, 0.717) is 5.92 Å². The summed E-state index contributed by atoms with van der Waals surface area (Å²) in [6.45, 7) is 6.93. The molecule has 1 aromatic carbocycles. The lowest BCUT2D eigenvalue weighted by molar-refractivity contribution is 0.151. The fourth-order valence-electron chi connectivity index (χ4n) is 2.06. The van der Waals surface area contributed by atoms with Gasteiger partial charge < -0.3 is 15.2 Å². The van der Waals surface area contributed by atoms with Gasteiger partial charge in [0, 0.05) is 25.3 Å². The van der Waals surface area contributed by atoms with Crippen molar-refractivity contribution >= 4 is 0 Å². The zero-order valence-electron chi connectivity index (χ0n) is 11.8. The SMILES string of the molecule is COCC(C)CC(N)c1ccccc1OC(C)C. The molecule has 3 heteroatoms. The van der Waals surface area contributed by atoms with Crippen LogP contribution in [0, 0.1) is 5.92 Å². The van der Waals surface area contributed by atoms with E-state index in [1.54, 1.807) is 7.11 Å². The fraction of sp³-hybridized carbons (Fsp3) is 0.600. The molecule has 0 aliphatic carbocycles. The Morgan fingerprint density at radius 2 is 1.83 bits per heavy atom. The molecule has 0 aliphatic heterocycles. The van der Waals surface area contributed by atoms with Crippen molar-refractivity contribution in [2.24, 2.45) is 11.7 Å². The van der Waals surface area contributed by atoms with Crippen LogP contribution in [-0.2, 0) is 4.74 Å². The molecule has 2 N–H and O–H groups in total. The smallest absolute Gasteiger partial charge is 0.124 e. The fourth-order valence-corrected chi connectivity index (χ4v) is 2.06. The Morgan fingerprint density at radius 1 is 1.17 bits per heavy atom. The lowest BCUT2D eigenvalue weighted by atomic mass is 9.96. The van der Waals surface area contributed by atoms with Gasteiger partial charge in [-0.25, -0.2) is 0 Å². The number of hydrogen-bond acceptors (Lipinski definition) is 3. The van der Waals surface area contributed by atoms with Crippen LogP contribution in [0.1, 0.15) is 38.8 Å². The van der Waals surface area contributed by atoms with Crippen LogP contribution < -0.4 is 10.5 Å². The average molecular weight is 251 g/mol. The van der Waals surface area contributed by atoms with Gasteiger partial charge in [0.1, 0.15) is 5.75 Å². The van der Waals surface area contributed by atoms with Crippen molar-refractivity contribution in [3.63, 3.8) is 0 Å². The van der Waals surface area contributed by atoms with Gasteiger partial charge in [-0.1, -0.05) is 25.1 Å². The molecule has 102 valence electrons. The first-order valence-corrected chi connectivity index (χ1v) is 6.54. The van der Waals surface area contributed by atoms with Gasteiger partial charge in [-0.2, -0.15) is 0 Å². The van der Waals surface area contributed by atoms with Crippen LogP contribution in [0.4, 0.5) is 0 Å². The van der Waals surface area contributed by atoms with Gasteiger partial charge in [-0.3, -0.25) is 0 Å². The topological polar surface area (TPSA) is 44.5 Å². The van der Waals surface area contributed by atoms with E-state index in [4.69, 9.17) is 15.2 Å². The second-order valence-corrected chi connectivity index (χ2v) is 5.11. The van der Waals surface area contributed by atoms with E-state index >= 15 is 0 Å². The summed E-state index contributed by atoms with van der Waals surface area (Å²) in [4.78, 5) is 0. The second kappa shape index (κ2) is 7.39. The molecule has 1 rings (SSSR count). The van der Waals surface area contributed by atoms with Crippen molar-refractivity contribution < 1.29 is 9.47 Å². The number of methoxy groups -OCH3 is 1. The van der Waals surface area contributed by atoms with Crippen LogP contribution in [0.2, 0.25) is 0 Å². The predicted molar refractivity (Wildman–Crippen MR) is 74.8 cm³/mol. The first kappa shape index (κ1) is 15.0. The molecule has 3 nitrogen and oxygen atoms in total. The summed E-state index contributed by atoms with van der Waals surface area (Å²) in [5, 5.41) is 0. The molecule has 2 atom stereocenters. The van der Waals surface area contributed by atoms with Crippen LogP contribution >= 0.6 is 0 Å². The maximum atomic E-state index is 6.27. The first-order valence-electron chi connectivity index (χ1n) is 6.54. The van der Waals surface area contributed by atoms with Gasteiger partial charge in [0.05, 0.1) is 6.10 Å². The number of rotatable bonds is 7. The highest BCUT2D eigenvalue weighted by Crippen LogP contribution is 2.28. The van der Waals surface area contributed by atoms with Crippen molar-refractivity contribution in [1.29, 1.82) is 0 Å². The molecular weight excluding hydrogens is 226 g/mol. The molecule has 0 amide bonds. The molecule has 0 aromatic heterocycles. The molecule has 0 radical (unpaired) electrons. The lowest BCUT2D eigenvalue weighted by Crippen LogP contribution is -2.18. The number of benzene rings is 1. The van der Waals surface area contributed by atoms with Crippen molar-refractivity contribution in [3.8, 4) is 5.75 Å². The van der Waals surface area contributed by atoms with Crippen LogP contribution in [0.25, 0.3) is 0 Å². The van der Waals surface area contributed by atoms with E-state index in [1.165, 1.54) is 0 Å². The second-order valence-electron chi connectivity index (χ2n) is 5.11. The van der Waals surface area contributed by atoms with Crippen LogP contribution in [0.5, 0.6) is 5.75 Å². The average Bonchev–Trinajstić information content (AvgIpc) is 2.28. The summed E-state index contributed by atoms with van der Waals surface area (Å²) in [6, 6.07) is 8.00. The van der Waals surface area contributed by atoms with E-state index < -0.39 is 0 Å². The highest BCUT2D eigenvalue weighted by Gasteiger charge is 2.15. The van der Waals surface area contributed by atoms with Crippen LogP contribution in [-0.4, -0.2) is 19.8 Å². The van der Waals surface area contributed by atoms with Crippen LogP contribution in [0.15, 0.2) is 24.3 Å². The molecule has 0 bridgehead atoms. The van der Waals surface area contributed by atoms with Gasteiger partial charge in [0.2, 0.25) is 0 Å². The number of nitrogens with two attached hydrogens (primary N) is 1. The number of hydrogen-bond donors (Lipinski definition) is 1. The molecule has 2 unspecified atom stereocenters. The van der Waals surface area contributed by atoms with E-state index in [0.717, 1.165) is 24.3 Å². The molecule has 0 saturated heterocycles. The zero-order valence-corrected chi connectivity index (χ0v) is 11.8. The Morgan fingerprint density at radius 3 is 2.44 bits per heavy atom.